The lowest BCUT2D eigenvalue weighted by Gasteiger charge is -2.26. The number of hydrogen-bond acceptors (Lipinski definition) is 4. The normalized spacial score (nSPS) is 20.7. The van der Waals surface area contributed by atoms with Gasteiger partial charge in [0.25, 0.3) is 0 Å². The highest BCUT2D eigenvalue weighted by atomic mass is 32.2. The van der Waals surface area contributed by atoms with Gasteiger partial charge >= 0.3 is 0 Å². The van der Waals surface area contributed by atoms with E-state index in [2.05, 4.69) is 16.7 Å². The fourth-order valence-corrected chi connectivity index (χ4v) is 4.50. The lowest BCUT2D eigenvalue weighted by Crippen LogP contribution is -2.38. The van der Waals surface area contributed by atoms with E-state index in [1.807, 2.05) is 0 Å². The molecule has 2 N–H and O–H groups in total. The fraction of sp³-hybridized carbons (Fsp3) is 0.450. The second-order valence-electron chi connectivity index (χ2n) is 6.87. The summed E-state index contributed by atoms with van der Waals surface area (Å²) in [5.74, 6) is -1.35. The molecule has 0 aromatic heterocycles. The van der Waals surface area contributed by atoms with Gasteiger partial charge in [-0.2, -0.15) is 5.26 Å². The third kappa shape index (κ3) is 4.89. The predicted octanol–water partition coefficient (Wildman–Crippen LogP) is 3.35. The smallest absolute Gasteiger partial charge is 0.230 e. The van der Waals surface area contributed by atoms with Gasteiger partial charge in [0, 0.05) is 18.4 Å². The maximum absolute atomic E-state index is 14.2. The Balaban J connectivity index is 1.71. The average molecular weight is 387 g/mol. The van der Waals surface area contributed by atoms with E-state index in [4.69, 9.17) is 0 Å². The molecule has 0 spiro atoms. The minimum Gasteiger partial charge on any atom is -0.353 e. The zero-order chi connectivity index (χ0) is 19.2. The first kappa shape index (κ1) is 19.4. The Kier molecular flexibility index (Phi) is 6.51. The van der Waals surface area contributed by atoms with Gasteiger partial charge in [0.05, 0.1) is 22.4 Å². The van der Waals surface area contributed by atoms with Gasteiger partial charge in [0.2, 0.25) is 11.8 Å². The topological polar surface area (TPSA) is 82.0 Å². The maximum atomic E-state index is 14.2. The van der Waals surface area contributed by atoms with Gasteiger partial charge in [-0.05, 0) is 24.5 Å². The summed E-state index contributed by atoms with van der Waals surface area (Å²) < 4.78 is 14.2. The molecule has 2 amide bonds. The number of carbonyl (C=O) groups excluding carboxylic acids is 2. The second kappa shape index (κ2) is 9.05. The third-order valence-electron chi connectivity index (χ3n) is 4.95. The first-order chi connectivity index (χ1) is 13.1. The summed E-state index contributed by atoms with van der Waals surface area (Å²) in [6, 6.07) is 8.48. The van der Waals surface area contributed by atoms with Gasteiger partial charge in [0.1, 0.15) is 5.82 Å². The number of hydrogen-bond donors (Lipinski definition) is 2. The number of nitrogens with one attached hydrogen (secondary N) is 2. The Morgan fingerprint density at radius 1 is 1.30 bits per heavy atom. The van der Waals surface area contributed by atoms with Crippen molar-refractivity contribution in [2.45, 2.75) is 50.5 Å². The maximum Gasteiger partial charge on any atom is 0.230 e. The standard InChI is InChI=1S/C20H22FN3O2S/c21-17-9-5-4-8-14(17)15-10-18(25)24-20(16(15)11-22)27-12-19(26)23-13-6-2-1-3-7-13/h4-5,8-9,13,15H,1-3,6-7,10,12H2,(H,23,26)(H,24,25)/t15-/m1/s1. The van der Waals surface area contributed by atoms with Crippen LogP contribution in [0.2, 0.25) is 0 Å². The summed E-state index contributed by atoms with van der Waals surface area (Å²) >= 11 is 1.13. The first-order valence-electron chi connectivity index (χ1n) is 9.19. The van der Waals surface area contributed by atoms with Crippen molar-refractivity contribution < 1.29 is 14.0 Å². The van der Waals surface area contributed by atoms with Gasteiger partial charge in [-0.25, -0.2) is 4.39 Å². The Labute approximate surface area is 162 Å². The molecule has 1 aromatic rings. The van der Waals surface area contributed by atoms with Crippen molar-refractivity contribution in [2.24, 2.45) is 0 Å². The molecule has 0 unspecified atom stereocenters. The average Bonchev–Trinajstić information content (AvgIpc) is 2.67. The molecule has 1 aliphatic heterocycles. The monoisotopic (exact) mass is 387 g/mol. The second-order valence-corrected chi connectivity index (χ2v) is 7.86. The van der Waals surface area contributed by atoms with Crippen molar-refractivity contribution in [3.63, 3.8) is 0 Å². The molecule has 27 heavy (non-hydrogen) atoms. The quantitative estimate of drug-likeness (QED) is 0.812. The summed E-state index contributed by atoms with van der Waals surface area (Å²) in [5, 5.41) is 15.6. The van der Waals surface area contributed by atoms with E-state index in [9.17, 15) is 19.2 Å². The lowest BCUT2D eigenvalue weighted by atomic mass is 9.87. The van der Waals surface area contributed by atoms with Crippen LogP contribution >= 0.6 is 11.8 Å². The molecule has 7 heteroatoms. The minimum atomic E-state index is -0.631. The lowest BCUT2D eigenvalue weighted by molar-refractivity contribution is -0.121. The molecular formula is C20H22FN3O2S. The van der Waals surface area contributed by atoms with Crippen LogP contribution in [0.1, 0.15) is 50.0 Å². The Hall–Kier alpha value is -2.33. The van der Waals surface area contributed by atoms with Gasteiger partial charge in [-0.15, -0.1) is 0 Å². The SMILES string of the molecule is N#CC1=C(SCC(=O)NC2CCCCC2)NC(=O)C[C@@H]1c1ccccc1F. The number of halogens is 1. The van der Waals surface area contributed by atoms with Crippen LogP contribution in [0.4, 0.5) is 4.39 Å². The largest absolute Gasteiger partial charge is 0.353 e. The van der Waals surface area contributed by atoms with Gasteiger partial charge in [-0.3, -0.25) is 9.59 Å². The Morgan fingerprint density at radius 3 is 2.74 bits per heavy atom. The molecular weight excluding hydrogens is 365 g/mol. The summed E-state index contributed by atoms with van der Waals surface area (Å²) in [5.41, 5.74) is 0.629. The molecule has 0 radical (unpaired) electrons. The molecule has 142 valence electrons. The van der Waals surface area contributed by atoms with E-state index in [1.165, 1.54) is 12.5 Å². The van der Waals surface area contributed by atoms with Crippen molar-refractivity contribution in [1.82, 2.24) is 10.6 Å². The number of amides is 2. The van der Waals surface area contributed by atoms with Crippen molar-refractivity contribution in [1.29, 1.82) is 5.26 Å². The van der Waals surface area contributed by atoms with Gasteiger partial charge in [0.15, 0.2) is 0 Å². The van der Waals surface area contributed by atoms with Gasteiger partial charge < -0.3 is 10.6 Å². The summed E-state index contributed by atoms with van der Waals surface area (Å²) in [7, 11) is 0. The Bertz CT molecular complexity index is 797. The van der Waals surface area contributed by atoms with Crippen molar-refractivity contribution >= 4 is 23.6 Å². The number of benzene rings is 1. The molecule has 1 heterocycles. The van der Waals surface area contributed by atoms with Crippen LogP contribution in [0, 0.1) is 17.1 Å². The fourth-order valence-electron chi connectivity index (χ4n) is 3.61. The van der Waals surface area contributed by atoms with E-state index >= 15 is 0 Å². The van der Waals surface area contributed by atoms with E-state index in [0.29, 0.717) is 16.2 Å². The number of carbonyl (C=O) groups is 2. The number of thioether (sulfide) groups is 1. The molecule has 5 nitrogen and oxygen atoms in total. The molecule has 0 bridgehead atoms. The number of allylic oxidation sites excluding steroid dienone is 1. The van der Waals surface area contributed by atoms with E-state index in [-0.39, 0.29) is 30.0 Å². The molecule has 0 saturated heterocycles. The molecule has 1 fully saturated rings. The van der Waals surface area contributed by atoms with Crippen molar-refractivity contribution in [3.8, 4) is 6.07 Å². The van der Waals surface area contributed by atoms with Gasteiger partial charge in [-0.1, -0.05) is 49.2 Å². The zero-order valence-corrected chi connectivity index (χ0v) is 15.8. The zero-order valence-electron chi connectivity index (χ0n) is 15.0. The highest BCUT2D eigenvalue weighted by molar-refractivity contribution is 8.03. The van der Waals surface area contributed by atoms with Crippen LogP contribution in [0.3, 0.4) is 0 Å². The minimum absolute atomic E-state index is 0.0160. The number of rotatable bonds is 5. The van der Waals surface area contributed by atoms with Crippen LogP contribution in [0.25, 0.3) is 0 Å². The van der Waals surface area contributed by atoms with Crippen molar-refractivity contribution in [2.75, 3.05) is 5.75 Å². The van der Waals surface area contributed by atoms with E-state index < -0.39 is 11.7 Å². The highest BCUT2D eigenvalue weighted by Gasteiger charge is 2.31. The van der Waals surface area contributed by atoms with Crippen molar-refractivity contribution in [3.05, 3.63) is 46.2 Å². The van der Waals surface area contributed by atoms with Crippen LogP contribution in [0.5, 0.6) is 0 Å². The number of nitriles is 1. The van der Waals surface area contributed by atoms with Crippen LogP contribution < -0.4 is 10.6 Å². The predicted molar refractivity (Wildman–Crippen MR) is 102 cm³/mol. The van der Waals surface area contributed by atoms with E-state index in [1.54, 1.807) is 18.2 Å². The van der Waals surface area contributed by atoms with Crippen LogP contribution in [-0.2, 0) is 9.59 Å². The van der Waals surface area contributed by atoms with E-state index in [0.717, 1.165) is 37.4 Å². The van der Waals surface area contributed by atoms with Crippen LogP contribution in [0.15, 0.2) is 34.9 Å². The van der Waals surface area contributed by atoms with Crippen LogP contribution in [-0.4, -0.2) is 23.6 Å². The number of nitrogens with zero attached hydrogens (tertiary/aromatic N) is 1. The molecule has 1 aromatic carbocycles. The summed E-state index contributed by atoms with van der Waals surface area (Å²) in [6.07, 6.45) is 5.47. The first-order valence-corrected chi connectivity index (χ1v) is 10.2. The molecule has 1 atom stereocenters. The molecule has 1 aliphatic carbocycles. The molecule has 3 rings (SSSR count). The summed E-state index contributed by atoms with van der Waals surface area (Å²) in [6.45, 7) is 0. The Morgan fingerprint density at radius 2 is 2.04 bits per heavy atom. The summed E-state index contributed by atoms with van der Waals surface area (Å²) in [4.78, 5) is 24.3. The highest BCUT2D eigenvalue weighted by Crippen LogP contribution is 2.36. The molecule has 1 saturated carbocycles. The molecule has 2 aliphatic rings. The third-order valence-corrected chi connectivity index (χ3v) is 5.97.